The van der Waals surface area contributed by atoms with Gasteiger partial charge in [-0.1, -0.05) is 0 Å². The first-order valence-corrected chi connectivity index (χ1v) is 7.50. The summed E-state index contributed by atoms with van der Waals surface area (Å²) in [5, 5.41) is 0. The van der Waals surface area contributed by atoms with E-state index in [2.05, 4.69) is 50.0 Å². The maximum Gasteiger partial charge on any atom is 0.134 e. The molecule has 1 aliphatic heterocycles. The third-order valence-corrected chi connectivity index (χ3v) is 3.94. The summed E-state index contributed by atoms with van der Waals surface area (Å²) in [5.41, 5.74) is 1.30. The quantitative estimate of drug-likeness (QED) is 0.841. The van der Waals surface area contributed by atoms with Gasteiger partial charge in [-0.15, -0.1) is 0 Å². The molecule has 21 heavy (non-hydrogen) atoms. The van der Waals surface area contributed by atoms with E-state index in [4.69, 9.17) is 0 Å². The van der Waals surface area contributed by atoms with Crippen LogP contribution in [-0.4, -0.2) is 41.6 Å². The molecule has 1 fully saturated rings. The number of hydrogen-bond donors (Lipinski definition) is 0. The Kier molecular flexibility index (Phi) is 4.28. The molecular formula is C16H21N5. The molecule has 5 nitrogen and oxygen atoms in total. The highest BCUT2D eigenvalue weighted by Gasteiger charge is 2.14. The number of aromatic nitrogens is 3. The molecule has 3 heterocycles. The molecule has 2 aromatic rings. The first-order valence-electron chi connectivity index (χ1n) is 7.50. The van der Waals surface area contributed by atoms with E-state index in [1.165, 1.54) is 18.4 Å². The smallest absolute Gasteiger partial charge is 0.134 e. The zero-order valence-corrected chi connectivity index (χ0v) is 12.4. The van der Waals surface area contributed by atoms with Gasteiger partial charge in [0.1, 0.15) is 18.0 Å². The van der Waals surface area contributed by atoms with Crippen LogP contribution in [-0.2, 0) is 6.42 Å². The second-order valence-electron chi connectivity index (χ2n) is 5.46. The molecule has 0 spiro atoms. The molecule has 0 atom stereocenters. The van der Waals surface area contributed by atoms with Crippen molar-refractivity contribution in [3.8, 4) is 0 Å². The average molecular weight is 283 g/mol. The van der Waals surface area contributed by atoms with Gasteiger partial charge in [0, 0.05) is 45.1 Å². The summed E-state index contributed by atoms with van der Waals surface area (Å²) < 4.78 is 0. The van der Waals surface area contributed by atoms with Crippen LogP contribution in [0.1, 0.15) is 18.4 Å². The van der Waals surface area contributed by atoms with E-state index in [9.17, 15) is 0 Å². The van der Waals surface area contributed by atoms with E-state index in [0.717, 1.165) is 37.7 Å². The van der Waals surface area contributed by atoms with Gasteiger partial charge in [-0.2, -0.15) is 0 Å². The van der Waals surface area contributed by atoms with E-state index in [1.807, 2.05) is 12.4 Å². The third kappa shape index (κ3) is 3.48. The van der Waals surface area contributed by atoms with Crippen molar-refractivity contribution in [2.45, 2.75) is 19.3 Å². The highest BCUT2D eigenvalue weighted by molar-refractivity contribution is 5.50. The summed E-state index contributed by atoms with van der Waals surface area (Å²) >= 11 is 0. The Morgan fingerprint density at radius 1 is 1.14 bits per heavy atom. The molecule has 5 heteroatoms. The van der Waals surface area contributed by atoms with E-state index in [0.29, 0.717) is 0 Å². The van der Waals surface area contributed by atoms with Crippen LogP contribution in [0, 0.1) is 0 Å². The van der Waals surface area contributed by atoms with Gasteiger partial charge >= 0.3 is 0 Å². The molecule has 0 saturated carbocycles. The highest BCUT2D eigenvalue weighted by Crippen LogP contribution is 2.20. The van der Waals surface area contributed by atoms with Gasteiger partial charge in [-0.05, 0) is 37.0 Å². The standard InChI is InChI=1S/C16H21N5/c1-20(11-6-14-4-7-17-8-5-14)15-12-16(19-13-18-15)21-9-2-3-10-21/h4-5,7-8,12-13H,2-3,6,9-11H2,1H3. The Labute approximate surface area is 125 Å². The van der Waals surface area contributed by atoms with Crippen molar-refractivity contribution in [2.75, 3.05) is 36.5 Å². The van der Waals surface area contributed by atoms with Crippen LogP contribution in [0.5, 0.6) is 0 Å². The van der Waals surface area contributed by atoms with Crippen molar-refractivity contribution >= 4 is 11.6 Å². The summed E-state index contributed by atoms with van der Waals surface area (Å²) in [6.07, 6.45) is 8.86. The lowest BCUT2D eigenvalue weighted by Gasteiger charge is -2.21. The summed E-state index contributed by atoms with van der Waals surface area (Å²) in [6.45, 7) is 3.15. The Morgan fingerprint density at radius 2 is 1.90 bits per heavy atom. The SMILES string of the molecule is CN(CCc1ccncc1)c1cc(N2CCCC2)ncn1. The number of rotatable bonds is 5. The molecule has 2 aromatic heterocycles. The van der Waals surface area contributed by atoms with Crippen molar-refractivity contribution in [1.29, 1.82) is 0 Å². The van der Waals surface area contributed by atoms with Gasteiger partial charge < -0.3 is 9.80 Å². The first kappa shape index (κ1) is 13.8. The van der Waals surface area contributed by atoms with Gasteiger partial charge in [-0.25, -0.2) is 9.97 Å². The molecule has 0 aliphatic carbocycles. The van der Waals surface area contributed by atoms with Crippen molar-refractivity contribution in [3.63, 3.8) is 0 Å². The summed E-state index contributed by atoms with van der Waals surface area (Å²) in [5.74, 6) is 2.04. The predicted molar refractivity (Wildman–Crippen MR) is 84.7 cm³/mol. The number of anilines is 2. The lowest BCUT2D eigenvalue weighted by atomic mass is 10.2. The lowest BCUT2D eigenvalue weighted by molar-refractivity contribution is 0.847. The molecule has 0 unspecified atom stereocenters. The van der Waals surface area contributed by atoms with Crippen LogP contribution in [0.3, 0.4) is 0 Å². The highest BCUT2D eigenvalue weighted by atomic mass is 15.2. The minimum absolute atomic E-state index is 0.931. The summed E-state index contributed by atoms with van der Waals surface area (Å²) in [6, 6.07) is 6.21. The van der Waals surface area contributed by atoms with E-state index >= 15 is 0 Å². The second kappa shape index (κ2) is 6.52. The molecule has 110 valence electrons. The minimum Gasteiger partial charge on any atom is -0.359 e. The normalized spacial score (nSPS) is 14.4. The maximum atomic E-state index is 4.40. The maximum absolute atomic E-state index is 4.40. The summed E-state index contributed by atoms with van der Waals surface area (Å²) in [7, 11) is 2.08. The van der Waals surface area contributed by atoms with Crippen LogP contribution < -0.4 is 9.80 Å². The van der Waals surface area contributed by atoms with Crippen molar-refractivity contribution in [2.24, 2.45) is 0 Å². The Hall–Kier alpha value is -2.17. The van der Waals surface area contributed by atoms with Crippen LogP contribution in [0.4, 0.5) is 11.6 Å². The van der Waals surface area contributed by atoms with Gasteiger partial charge in [0.25, 0.3) is 0 Å². The Balaban J connectivity index is 1.64. The molecule has 3 rings (SSSR count). The van der Waals surface area contributed by atoms with Gasteiger partial charge in [0.05, 0.1) is 0 Å². The van der Waals surface area contributed by atoms with Crippen molar-refractivity contribution in [3.05, 3.63) is 42.5 Å². The molecule has 0 bridgehead atoms. The number of hydrogen-bond acceptors (Lipinski definition) is 5. The lowest BCUT2D eigenvalue weighted by Crippen LogP contribution is -2.23. The third-order valence-electron chi connectivity index (χ3n) is 3.94. The number of nitrogens with zero attached hydrogens (tertiary/aromatic N) is 5. The first-order chi connectivity index (χ1) is 10.3. The Morgan fingerprint density at radius 3 is 2.67 bits per heavy atom. The van der Waals surface area contributed by atoms with E-state index in [1.54, 1.807) is 6.33 Å². The van der Waals surface area contributed by atoms with Gasteiger partial charge in [-0.3, -0.25) is 4.98 Å². The fraction of sp³-hybridized carbons (Fsp3) is 0.438. The Bertz CT molecular complexity index is 566. The van der Waals surface area contributed by atoms with Crippen LogP contribution in [0.15, 0.2) is 36.9 Å². The average Bonchev–Trinajstić information content (AvgIpc) is 3.08. The monoisotopic (exact) mass is 283 g/mol. The van der Waals surface area contributed by atoms with Crippen LogP contribution in [0.25, 0.3) is 0 Å². The summed E-state index contributed by atoms with van der Waals surface area (Å²) in [4.78, 5) is 17.4. The van der Waals surface area contributed by atoms with Crippen LogP contribution in [0.2, 0.25) is 0 Å². The molecule has 0 N–H and O–H groups in total. The fourth-order valence-corrected chi connectivity index (χ4v) is 2.63. The van der Waals surface area contributed by atoms with E-state index in [-0.39, 0.29) is 0 Å². The number of pyridine rings is 1. The van der Waals surface area contributed by atoms with Gasteiger partial charge in [0.2, 0.25) is 0 Å². The zero-order valence-electron chi connectivity index (χ0n) is 12.4. The minimum atomic E-state index is 0.931. The van der Waals surface area contributed by atoms with Crippen molar-refractivity contribution < 1.29 is 0 Å². The predicted octanol–water partition coefficient (Wildman–Crippen LogP) is 2.15. The number of likely N-dealkylation sites (N-methyl/N-ethyl adjacent to an activating group) is 1. The molecule has 1 saturated heterocycles. The molecule has 0 aromatic carbocycles. The van der Waals surface area contributed by atoms with E-state index < -0.39 is 0 Å². The van der Waals surface area contributed by atoms with Crippen LogP contribution >= 0.6 is 0 Å². The second-order valence-corrected chi connectivity index (χ2v) is 5.46. The largest absolute Gasteiger partial charge is 0.359 e. The van der Waals surface area contributed by atoms with Crippen molar-refractivity contribution in [1.82, 2.24) is 15.0 Å². The topological polar surface area (TPSA) is 45.2 Å². The molecule has 0 amide bonds. The zero-order chi connectivity index (χ0) is 14.5. The molecular weight excluding hydrogens is 262 g/mol. The molecule has 0 radical (unpaired) electrons. The fourth-order valence-electron chi connectivity index (χ4n) is 2.63. The van der Waals surface area contributed by atoms with Gasteiger partial charge in [0.15, 0.2) is 0 Å². The molecule has 1 aliphatic rings.